The van der Waals surface area contributed by atoms with Gasteiger partial charge in [-0.25, -0.2) is 9.59 Å². The first kappa shape index (κ1) is 15.7. The second-order valence-corrected chi connectivity index (χ2v) is 3.86. The van der Waals surface area contributed by atoms with E-state index in [1.54, 1.807) is 13.8 Å². The van der Waals surface area contributed by atoms with Crippen molar-refractivity contribution in [3.63, 3.8) is 0 Å². The van der Waals surface area contributed by atoms with Crippen LogP contribution in [0.1, 0.15) is 47.2 Å². The number of anilines is 1. The molecule has 1 aromatic heterocycles. The highest BCUT2D eigenvalue weighted by Gasteiger charge is 2.30. The van der Waals surface area contributed by atoms with Gasteiger partial charge >= 0.3 is 11.9 Å². The number of hydrogen-bond acceptors (Lipinski definition) is 6. The van der Waals surface area contributed by atoms with Gasteiger partial charge in [-0.3, -0.25) is 10.1 Å². The standard InChI is InChI=1S/C13H17NO6/c1-5-18-12(16)9-7(3)20-11(14-8(4)15)10(9)13(17)19-6-2/h5-6H2,1-4H3,(H,14,15). The Bertz CT molecular complexity index is 531. The van der Waals surface area contributed by atoms with Gasteiger partial charge in [0.2, 0.25) is 11.8 Å². The smallest absolute Gasteiger partial charge is 0.344 e. The van der Waals surface area contributed by atoms with Crippen LogP contribution in [0, 0.1) is 6.92 Å². The SMILES string of the molecule is CCOC(=O)c1c(C)oc(NC(C)=O)c1C(=O)OCC. The Morgan fingerprint density at radius 3 is 2.00 bits per heavy atom. The fraction of sp³-hybridized carbons (Fsp3) is 0.462. The van der Waals surface area contributed by atoms with Gasteiger partial charge < -0.3 is 13.9 Å². The van der Waals surface area contributed by atoms with Gasteiger partial charge in [-0.2, -0.15) is 0 Å². The summed E-state index contributed by atoms with van der Waals surface area (Å²) in [5.41, 5.74) is -0.160. The summed E-state index contributed by atoms with van der Waals surface area (Å²) < 4.78 is 15.0. The Labute approximate surface area is 116 Å². The molecule has 0 saturated heterocycles. The molecule has 110 valence electrons. The van der Waals surface area contributed by atoms with Crippen LogP contribution in [0.5, 0.6) is 0 Å². The number of carbonyl (C=O) groups is 3. The number of furan rings is 1. The minimum absolute atomic E-state index is 0.0333. The molecule has 0 bridgehead atoms. The molecule has 0 aliphatic rings. The fourth-order valence-corrected chi connectivity index (χ4v) is 1.64. The number of hydrogen-bond donors (Lipinski definition) is 1. The summed E-state index contributed by atoms with van der Waals surface area (Å²) in [6, 6.07) is 0. The largest absolute Gasteiger partial charge is 0.462 e. The van der Waals surface area contributed by atoms with Crippen molar-refractivity contribution in [2.24, 2.45) is 0 Å². The molecular formula is C13H17NO6. The van der Waals surface area contributed by atoms with Crippen LogP contribution in [0.15, 0.2) is 4.42 Å². The molecule has 0 fully saturated rings. The van der Waals surface area contributed by atoms with Gasteiger partial charge in [0.15, 0.2) is 0 Å². The Hall–Kier alpha value is -2.31. The van der Waals surface area contributed by atoms with E-state index in [9.17, 15) is 14.4 Å². The molecule has 0 spiro atoms. The van der Waals surface area contributed by atoms with E-state index in [1.165, 1.54) is 13.8 Å². The van der Waals surface area contributed by atoms with Crippen LogP contribution < -0.4 is 5.32 Å². The third kappa shape index (κ3) is 3.37. The average molecular weight is 283 g/mol. The molecule has 0 aliphatic heterocycles. The summed E-state index contributed by atoms with van der Waals surface area (Å²) in [6.07, 6.45) is 0. The molecule has 1 N–H and O–H groups in total. The van der Waals surface area contributed by atoms with Crippen LogP contribution in [0.25, 0.3) is 0 Å². The van der Waals surface area contributed by atoms with E-state index in [4.69, 9.17) is 13.9 Å². The maximum absolute atomic E-state index is 11.9. The van der Waals surface area contributed by atoms with Gasteiger partial charge in [0.05, 0.1) is 13.2 Å². The van der Waals surface area contributed by atoms with Crippen LogP contribution in [0.4, 0.5) is 5.88 Å². The van der Waals surface area contributed by atoms with Gasteiger partial charge in [0, 0.05) is 6.92 Å². The Balaban J connectivity index is 3.33. The highest BCUT2D eigenvalue weighted by molar-refractivity contribution is 6.09. The normalized spacial score (nSPS) is 10.0. The molecule has 7 nitrogen and oxygen atoms in total. The fourth-order valence-electron chi connectivity index (χ4n) is 1.64. The van der Waals surface area contributed by atoms with E-state index < -0.39 is 17.8 Å². The third-order valence-corrected chi connectivity index (χ3v) is 2.33. The van der Waals surface area contributed by atoms with E-state index in [2.05, 4.69) is 5.32 Å². The minimum atomic E-state index is -0.754. The van der Waals surface area contributed by atoms with Gasteiger partial charge in [0.25, 0.3) is 0 Å². The number of ether oxygens (including phenoxy) is 2. The first-order chi connectivity index (χ1) is 9.42. The van der Waals surface area contributed by atoms with Crippen molar-refractivity contribution < 1.29 is 28.3 Å². The van der Waals surface area contributed by atoms with Crippen LogP contribution in [0.3, 0.4) is 0 Å². The molecule has 1 amide bonds. The van der Waals surface area contributed by atoms with Crippen LogP contribution in [-0.2, 0) is 14.3 Å². The van der Waals surface area contributed by atoms with Crippen LogP contribution >= 0.6 is 0 Å². The van der Waals surface area contributed by atoms with Crippen molar-refractivity contribution in [3.05, 3.63) is 16.9 Å². The number of amides is 1. The van der Waals surface area contributed by atoms with Crippen molar-refractivity contribution in [1.29, 1.82) is 0 Å². The van der Waals surface area contributed by atoms with E-state index in [0.29, 0.717) is 0 Å². The number of esters is 2. The second kappa shape index (κ2) is 6.74. The maximum atomic E-state index is 11.9. The average Bonchev–Trinajstić information content (AvgIpc) is 2.65. The number of aryl methyl sites for hydroxylation is 1. The molecule has 0 unspecified atom stereocenters. The molecule has 0 aromatic carbocycles. The summed E-state index contributed by atoms with van der Waals surface area (Å²) >= 11 is 0. The van der Waals surface area contributed by atoms with Crippen molar-refractivity contribution >= 4 is 23.7 Å². The van der Waals surface area contributed by atoms with E-state index in [1.807, 2.05) is 0 Å². The summed E-state index contributed by atoms with van der Waals surface area (Å²) in [5.74, 6) is -1.82. The molecule has 20 heavy (non-hydrogen) atoms. The lowest BCUT2D eigenvalue weighted by Crippen LogP contribution is -2.16. The lowest BCUT2D eigenvalue weighted by molar-refractivity contribution is -0.114. The van der Waals surface area contributed by atoms with Crippen molar-refractivity contribution in [2.45, 2.75) is 27.7 Å². The van der Waals surface area contributed by atoms with E-state index in [0.717, 1.165) is 0 Å². The van der Waals surface area contributed by atoms with Crippen molar-refractivity contribution in [2.75, 3.05) is 18.5 Å². The summed E-state index contributed by atoms with van der Waals surface area (Å²) in [7, 11) is 0. The second-order valence-electron chi connectivity index (χ2n) is 3.86. The topological polar surface area (TPSA) is 94.8 Å². The molecular weight excluding hydrogens is 266 g/mol. The van der Waals surface area contributed by atoms with Crippen LogP contribution in [0.2, 0.25) is 0 Å². The number of carbonyl (C=O) groups excluding carboxylic acids is 3. The predicted octanol–water partition coefficient (Wildman–Crippen LogP) is 1.90. The Morgan fingerprint density at radius 1 is 1.05 bits per heavy atom. The highest BCUT2D eigenvalue weighted by Crippen LogP contribution is 2.28. The lowest BCUT2D eigenvalue weighted by Gasteiger charge is -2.05. The van der Waals surface area contributed by atoms with Crippen molar-refractivity contribution in [3.8, 4) is 0 Å². The molecule has 1 aromatic rings. The van der Waals surface area contributed by atoms with Crippen molar-refractivity contribution in [1.82, 2.24) is 0 Å². The quantitative estimate of drug-likeness (QED) is 0.829. The summed E-state index contributed by atoms with van der Waals surface area (Å²) in [4.78, 5) is 35.0. The molecule has 0 saturated carbocycles. The van der Waals surface area contributed by atoms with Gasteiger partial charge in [0.1, 0.15) is 16.9 Å². The zero-order valence-corrected chi connectivity index (χ0v) is 11.9. The molecule has 0 aliphatic carbocycles. The summed E-state index contributed by atoms with van der Waals surface area (Å²) in [5, 5.41) is 2.36. The molecule has 1 heterocycles. The number of nitrogens with one attached hydrogen (secondary N) is 1. The molecule has 1 rings (SSSR count). The van der Waals surface area contributed by atoms with Gasteiger partial charge in [-0.1, -0.05) is 0 Å². The molecule has 0 atom stereocenters. The highest BCUT2D eigenvalue weighted by atomic mass is 16.5. The third-order valence-electron chi connectivity index (χ3n) is 2.33. The minimum Gasteiger partial charge on any atom is -0.462 e. The lowest BCUT2D eigenvalue weighted by atomic mass is 10.1. The zero-order chi connectivity index (χ0) is 15.3. The van der Waals surface area contributed by atoms with E-state index in [-0.39, 0.29) is 36.0 Å². The van der Waals surface area contributed by atoms with E-state index >= 15 is 0 Å². The summed E-state index contributed by atoms with van der Waals surface area (Å²) in [6.45, 7) is 6.32. The first-order valence-electron chi connectivity index (χ1n) is 6.17. The first-order valence-corrected chi connectivity index (χ1v) is 6.17. The molecule has 7 heteroatoms. The maximum Gasteiger partial charge on any atom is 0.344 e. The Kier molecular flexibility index (Phi) is 5.31. The predicted molar refractivity (Wildman–Crippen MR) is 69.7 cm³/mol. The molecule has 0 radical (unpaired) electrons. The van der Waals surface area contributed by atoms with Gasteiger partial charge in [-0.15, -0.1) is 0 Å². The number of rotatable bonds is 5. The Morgan fingerprint density at radius 2 is 1.55 bits per heavy atom. The zero-order valence-electron chi connectivity index (χ0n) is 11.9. The van der Waals surface area contributed by atoms with Gasteiger partial charge in [-0.05, 0) is 20.8 Å². The van der Waals surface area contributed by atoms with Crippen LogP contribution in [-0.4, -0.2) is 31.1 Å². The monoisotopic (exact) mass is 283 g/mol.